The third-order valence-electron chi connectivity index (χ3n) is 5.74. The van der Waals surface area contributed by atoms with E-state index in [2.05, 4.69) is 22.0 Å². The number of carbonyl (C=O) groups excluding carboxylic acids is 1. The van der Waals surface area contributed by atoms with Crippen molar-refractivity contribution in [2.75, 3.05) is 32.7 Å². The van der Waals surface area contributed by atoms with Gasteiger partial charge in [0.05, 0.1) is 6.04 Å². The molecular formula is C18H35Cl2N3O. The zero-order chi connectivity index (χ0) is 15.4. The number of hydrogen-bond acceptors (Lipinski definition) is 3. The Bertz CT molecular complexity index is 363. The Balaban J connectivity index is 0.00000144. The first kappa shape index (κ1) is 22.0. The molecule has 1 unspecified atom stereocenters. The largest absolute Gasteiger partial charge is 0.341 e. The lowest BCUT2D eigenvalue weighted by Crippen LogP contribution is -2.52. The van der Waals surface area contributed by atoms with Crippen LogP contribution in [0.25, 0.3) is 0 Å². The van der Waals surface area contributed by atoms with Gasteiger partial charge in [0.15, 0.2) is 0 Å². The summed E-state index contributed by atoms with van der Waals surface area (Å²) in [4.78, 5) is 17.3. The van der Waals surface area contributed by atoms with Crippen LogP contribution in [0, 0.1) is 5.92 Å². The SMILES string of the molecule is CC(C(=O)N1CCC(NCC2CC2)CC1)N1CCCCCC1.Cl.Cl. The van der Waals surface area contributed by atoms with Gasteiger partial charge in [-0.05, 0) is 71.0 Å². The third-order valence-corrected chi connectivity index (χ3v) is 5.74. The van der Waals surface area contributed by atoms with E-state index in [1.807, 2.05) is 0 Å². The molecule has 1 amide bonds. The topological polar surface area (TPSA) is 35.6 Å². The Hall–Kier alpha value is -0.0300. The van der Waals surface area contributed by atoms with Gasteiger partial charge in [-0.1, -0.05) is 12.8 Å². The number of nitrogens with zero attached hydrogens (tertiary/aromatic N) is 2. The molecule has 1 saturated carbocycles. The van der Waals surface area contributed by atoms with Crippen molar-refractivity contribution in [2.24, 2.45) is 5.92 Å². The average molecular weight is 380 g/mol. The van der Waals surface area contributed by atoms with Crippen molar-refractivity contribution < 1.29 is 4.79 Å². The number of hydrogen-bond donors (Lipinski definition) is 1. The van der Waals surface area contributed by atoms with Crippen LogP contribution in [-0.2, 0) is 4.79 Å². The maximum atomic E-state index is 12.8. The minimum atomic E-state index is 0. The molecule has 0 aromatic heterocycles. The van der Waals surface area contributed by atoms with Crippen molar-refractivity contribution in [1.29, 1.82) is 0 Å². The summed E-state index contributed by atoms with van der Waals surface area (Å²) in [7, 11) is 0. The zero-order valence-corrected chi connectivity index (χ0v) is 16.7. The normalized spacial score (nSPS) is 24.5. The van der Waals surface area contributed by atoms with Gasteiger partial charge in [-0.3, -0.25) is 9.69 Å². The second-order valence-corrected chi connectivity index (χ2v) is 7.58. The summed E-state index contributed by atoms with van der Waals surface area (Å²) in [5.74, 6) is 1.31. The number of likely N-dealkylation sites (tertiary alicyclic amines) is 2. The zero-order valence-electron chi connectivity index (χ0n) is 15.0. The van der Waals surface area contributed by atoms with Gasteiger partial charge in [-0.25, -0.2) is 0 Å². The second-order valence-electron chi connectivity index (χ2n) is 7.58. The molecule has 24 heavy (non-hydrogen) atoms. The minimum Gasteiger partial charge on any atom is -0.341 e. The van der Waals surface area contributed by atoms with Crippen molar-refractivity contribution in [3.05, 3.63) is 0 Å². The molecule has 3 aliphatic rings. The van der Waals surface area contributed by atoms with Gasteiger partial charge in [0.25, 0.3) is 0 Å². The van der Waals surface area contributed by atoms with Crippen LogP contribution in [0.4, 0.5) is 0 Å². The number of amides is 1. The molecule has 1 atom stereocenters. The maximum absolute atomic E-state index is 12.8. The molecule has 0 radical (unpaired) electrons. The van der Waals surface area contributed by atoms with Crippen molar-refractivity contribution in [3.8, 4) is 0 Å². The summed E-state index contributed by atoms with van der Waals surface area (Å²) in [6.45, 7) is 7.41. The molecule has 1 aliphatic carbocycles. The highest BCUT2D eigenvalue weighted by atomic mass is 35.5. The molecule has 1 N–H and O–H groups in total. The molecule has 2 aliphatic heterocycles. The lowest BCUT2D eigenvalue weighted by atomic mass is 10.0. The highest BCUT2D eigenvalue weighted by Crippen LogP contribution is 2.28. The van der Waals surface area contributed by atoms with Gasteiger partial charge in [-0.15, -0.1) is 24.8 Å². The van der Waals surface area contributed by atoms with Crippen molar-refractivity contribution in [1.82, 2.24) is 15.1 Å². The van der Waals surface area contributed by atoms with E-state index in [4.69, 9.17) is 0 Å². The average Bonchev–Trinajstić information content (AvgIpc) is 3.38. The monoisotopic (exact) mass is 379 g/mol. The van der Waals surface area contributed by atoms with Gasteiger partial charge >= 0.3 is 0 Å². The van der Waals surface area contributed by atoms with E-state index in [1.165, 1.54) is 45.1 Å². The number of nitrogens with one attached hydrogen (secondary N) is 1. The first-order valence-corrected chi connectivity index (χ1v) is 9.50. The van der Waals surface area contributed by atoms with Crippen LogP contribution in [0.2, 0.25) is 0 Å². The molecule has 2 heterocycles. The summed E-state index contributed by atoms with van der Waals surface area (Å²) in [6, 6.07) is 0.715. The van der Waals surface area contributed by atoms with Crippen LogP contribution in [0.3, 0.4) is 0 Å². The van der Waals surface area contributed by atoms with Gasteiger partial charge in [0.2, 0.25) is 5.91 Å². The smallest absolute Gasteiger partial charge is 0.239 e. The van der Waals surface area contributed by atoms with Gasteiger partial charge in [-0.2, -0.15) is 0 Å². The first-order valence-electron chi connectivity index (χ1n) is 9.50. The Labute approximate surface area is 159 Å². The van der Waals surface area contributed by atoms with E-state index in [-0.39, 0.29) is 30.9 Å². The Morgan fingerprint density at radius 2 is 1.54 bits per heavy atom. The number of halogens is 2. The maximum Gasteiger partial charge on any atom is 0.239 e. The Morgan fingerprint density at radius 3 is 2.08 bits per heavy atom. The lowest BCUT2D eigenvalue weighted by molar-refractivity contribution is -0.137. The second kappa shape index (κ2) is 10.8. The Morgan fingerprint density at radius 1 is 0.958 bits per heavy atom. The molecule has 3 rings (SSSR count). The predicted molar refractivity (Wildman–Crippen MR) is 104 cm³/mol. The molecule has 0 aromatic rings. The third kappa shape index (κ3) is 6.36. The first-order chi connectivity index (χ1) is 10.7. The fourth-order valence-corrected chi connectivity index (χ4v) is 3.86. The summed E-state index contributed by atoms with van der Waals surface area (Å²) in [6.07, 6.45) is 10.3. The van der Waals surface area contributed by atoms with E-state index in [0.29, 0.717) is 11.9 Å². The van der Waals surface area contributed by atoms with Crippen LogP contribution in [0.1, 0.15) is 58.3 Å². The summed E-state index contributed by atoms with van der Waals surface area (Å²) in [5, 5.41) is 3.70. The van der Waals surface area contributed by atoms with E-state index in [0.717, 1.165) is 44.9 Å². The molecule has 0 bridgehead atoms. The molecule has 0 spiro atoms. The van der Waals surface area contributed by atoms with Crippen molar-refractivity contribution in [3.63, 3.8) is 0 Å². The summed E-state index contributed by atoms with van der Waals surface area (Å²) < 4.78 is 0. The van der Waals surface area contributed by atoms with Crippen LogP contribution in [0.15, 0.2) is 0 Å². The molecule has 6 heteroatoms. The quantitative estimate of drug-likeness (QED) is 0.796. The van der Waals surface area contributed by atoms with Gasteiger partial charge < -0.3 is 10.2 Å². The Kier molecular flexibility index (Phi) is 9.95. The van der Waals surface area contributed by atoms with E-state index in [9.17, 15) is 4.79 Å². The van der Waals surface area contributed by atoms with Crippen molar-refractivity contribution >= 4 is 30.7 Å². The van der Waals surface area contributed by atoms with Gasteiger partial charge in [0.1, 0.15) is 0 Å². The van der Waals surface area contributed by atoms with Crippen LogP contribution >= 0.6 is 24.8 Å². The fraction of sp³-hybridized carbons (Fsp3) is 0.944. The summed E-state index contributed by atoms with van der Waals surface area (Å²) >= 11 is 0. The molecule has 0 aromatic carbocycles. The highest BCUT2D eigenvalue weighted by Gasteiger charge is 2.30. The van der Waals surface area contributed by atoms with Gasteiger partial charge in [0, 0.05) is 19.1 Å². The minimum absolute atomic E-state index is 0. The summed E-state index contributed by atoms with van der Waals surface area (Å²) in [5.41, 5.74) is 0. The fourth-order valence-electron chi connectivity index (χ4n) is 3.86. The van der Waals surface area contributed by atoms with Crippen LogP contribution in [0.5, 0.6) is 0 Å². The molecular weight excluding hydrogens is 345 g/mol. The molecule has 4 nitrogen and oxygen atoms in total. The van der Waals surface area contributed by atoms with Crippen LogP contribution in [-0.4, -0.2) is 60.5 Å². The molecule has 142 valence electrons. The lowest BCUT2D eigenvalue weighted by Gasteiger charge is -2.36. The molecule has 2 saturated heterocycles. The number of carbonyl (C=O) groups is 1. The van der Waals surface area contributed by atoms with Crippen LogP contribution < -0.4 is 5.32 Å². The van der Waals surface area contributed by atoms with E-state index < -0.39 is 0 Å². The predicted octanol–water partition coefficient (Wildman–Crippen LogP) is 3.09. The number of piperidine rings is 1. The highest BCUT2D eigenvalue weighted by molar-refractivity contribution is 5.85. The standard InChI is InChI=1S/C18H33N3O.2ClH/c1-15(20-10-4-2-3-5-11-20)18(22)21-12-8-17(9-13-21)19-14-16-6-7-16;;/h15-17,19H,2-14H2,1H3;2*1H. The van der Waals surface area contributed by atoms with Crippen molar-refractivity contribution in [2.45, 2.75) is 70.4 Å². The van der Waals surface area contributed by atoms with E-state index in [1.54, 1.807) is 0 Å². The molecule has 3 fully saturated rings. The van der Waals surface area contributed by atoms with E-state index >= 15 is 0 Å². The number of rotatable bonds is 5.